The molecule has 0 radical (unpaired) electrons. The molecule has 0 bridgehead atoms. The standard InChI is InChI=1S/C17H23N3O/c1-18-17(21)11-4-8-16-14(10-11)13-7-5-12(20(2)3)6-9-15(13)19-16/h4,8,10,12,19H,5-7,9H2,1-3H3,(H,18,21). The topological polar surface area (TPSA) is 48.1 Å². The molecular formula is C17H23N3O. The highest BCUT2D eigenvalue weighted by Crippen LogP contribution is 2.30. The van der Waals surface area contributed by atoms with Crippen LogP contribution in [0.1, 0.15) is 34.5 Å². The molecule has 21 heavy (non-hydrogen) atoms. The lowest BCUT2D eigenvalue weighted by Crippen LogP contribution is -2.27. The molecule has 0 saturated heterocycles. The first kappa shape index (κ1) is 14.1. The summed E-state index contributed by atoms with van der Waals surface area (Å²) in [6.45, 7) is 0. The van der Waals surface area contributed by atoms with Crippen molar-refractivity contribution < 1.29 is 4.79 Å². The molecular weight excluding hydrogens is 262 g/mol. The number of hydrogen-bond acceptors (Lipinski definition) is 2. The number of H-pyrrole nitrogens is 1. The van der Waals surface area contributed by atoms with Gasteiger partial charge in [-0.2, -0.15) is 0 Å². The van der Waals surface area contributed by atoms with Crippen LogP contribution < -0.4 is 5.32 Å². The summed E-state index contributed by atoms with van der Waals surface area (Å²) in [5.74, 6) is -0.0216. The smallest absolute Gasteiger partial charge is 0.251 e. The van der Waals surface area contributed by atoms with E-state index in [0.717, 1.165) is 23.9 Å². The Morgan fingerprint density at radius 2 is 2.05 bits per heavy atom. The summed E-state index contributed by atoms with van der Waals surface area (Å²) in [5.41, 5.74) is 4.64. The Balaban J connectivity index is 1.99. The second kappa shape index (κ2) is 5.53. The van der Waals surface area contributed by atoms with Gasteiger partial charge in [0.1, 0.15) is 0 Å². The molecule has 1 atom stereocenters. The molecule has 0 fully saturated rings. The predicted molar refractivity (Wildman–Crippen MR) is 85.8 cm³/mol. The van der Waals surface area contributed by atoms with Crippen LogP contribution in [0.3, 0.4) is 0 Å². The molecule has 4 heteroatoms. The predicted octanol–water partition coefficient (Wildman–Crippen LogP) is 2.34. The number of carbonyl (C=O) groups excluding carboxylic acids is 1. The van der Waals surface area contributed by atoms with Gasteiger partial charge in [-0.15, -0.1) is 0 Å². The molecule has 1 heterocycles. The van der Waals surface area contributed by atoms with Crippen LogP contribution in [0.25, 0.3) is 10.9 Å². The maximum absolute atomic E-state index is 11.8. The number of fused-ring (bicyclic) bond motifs is 3. The van der Waals surface area contributed by atoms with Gasteiger partial charge >= 0.3 is 0 Å². The Bertz CT molecular complexity index is 672. The summed E-state index contributed by atoms with van der Waals surface area (Å²) >= 11 is 0. The lowest BCUT2D eigenvalue weighted by molar-refractivity contribution is 0.0963. The van der Waals surface area contributed by atoms with Crippen molar-refractivity contribution in [3.63, 3.8) is 0 Å². The van der Waals surface area contributed by atoms with E-state index >= 15 is 0 Å². The van der Waals surface area contributed by atoms with Crippen LogP contribution in [-0.2, 0) is 12.8 Å². The van der Waals surface area contributed by atoms with Crippen LogP contribution >= 0.6 is 0 Å². The van der Waals surface area contributed by atoms with Crippen molar-refractivity contribution >= 4 is 16.8 Å². The summed E-state index contributed by atoms with van der Waals surface area (Å²) in [7, 11) is 5.99. The molecule has 2 aromatic rings. The van der Waals surface area contributed by atoms with Gasteiger partial charge in [0.05, 0.1) is 0 Å². The number of nitrogens with one attached hydrogen (secondary N) is 2. The van der Waals surface area contributed by atoms with E-state index in [1.807, 2.05) is 18.2 Å². The van der Waals surface area contributed by atoms with Crippen LogP contribution in [-0.4, -0.2) is 43.0 Å². The van der Waals surface area contributed by atoms with Crippen molar-refractivity contribution in [2.24, 2.45) is 0 Å². The Hall–Kier alpha value is -1.81. The van der Waals surface area contributed by atoms with E-state index in [2.05, 4.69) is 29.3 Å². The molecule has 0 saturated carbocycles. The van der Waals surface area contributed by atoms with Gasteiger partial charge in [-0.3, -0.25) is 4.79 Å². The Morgan fingerprint density at radius 1 is 1.29 bits per heavy atom. The number of benzene rings is 1. The lowest BCUT2D eigenvalue weighted by Gasteiger charge is -2.22. The fraction of sp³-hybridized carbons (Fsp3) is 0.471. The number of aryl methyl sites for hydroxylation is 2. The number of nitrogens with zero attached hydrogens (tertiary/aromatic N) is 1. The van der Waals surface area contributed by atoms with Crippen molar-refractivity contribution in [1.29, 1.82) is 0 Å². The second-order valence-electron chi connectivity index (χ2n) is 6.12. The Labute approximate surface area is 125 Å². The van der Waals surface area contributed by atoms with Crippen molar-refractivity contribution in [2.45, 2.75) is 31.7 Å². The van der Waals surface area contributed by atoms with Gasteiger partial charge in [0.25, 0.3) is 5.91 Å². The maximum Gasteiger partial charge on any atom is 0.251 e. The average Bonchev–Trinajstić information content (AvgIpc) is 2.69. The highest BCUT2D eigenvalue weighted by atomic mass is 16.1. The van der Waals surface area contributed by atoms with E-state index in [0.29, 0.717) is 6.04 Å². The molecule has 1 aromatic carbocycles. The SMILES string of the molecule is CNC(=O)c1ccc2[nH]c3c(c2c1)CCC(N(C)C)CC3. The zero-order chi connectivity index (χ0) is 15.0. The number of amides is 1. The summed E-state index contributed by atoms with van der Waals surface area (Å²) in [6.07, 6.45) is 4.53. The first-order valence-corrected chi connectivity index (χ1v) is 7.62. The minimum atomic E-state index is -0.0216. The third kappa shape index (κ3) is 2.56. The van der Waals surface area contributed by atoms with E-state index in [9.17, 15) is 4.79 Å². The van der Waals surface area contributed by atoms with Gasteiger partial charge in [-0.25, -0.2) is 0 Å². The highest BCUT2D eigenvalue weighted by molar-refractivity contribution is 5.99. The summed E-state index contributed by atoms with van der Waals surface area (Å²) in [5, 5.41) is 3.91. The zero-order valence-corrected chi connectivity index (χ0v) is 13.0. The molecule has 2 N–H and O–H groups in total. The summed E-state index contributed by atoms with van der Waals surface area (Å²) < 4.78 is 0. The van der Waals surface area contributed by atoms with Gasteiger partial charge in [0.2, 0.25) is 0 Å². The number of carbonyl (C=O) groups is 1. The van der Waals surface area contributed by atoms with Crippen molar-refractivity contribution in [3.05, 3.63) is 35.0 Å². The number of rotatable bonds is 2. The summed E-state index contributed by atoms with van der Waals surface area (Å²) in [4.78, 5) is 17.7. The molecule has 0 spiro atoms. The van der Waals surface area contributed by atoms with E-state index in [1.54, 1.807) is 7.05 Å². The third-order valence-electron chi connectivity index (χ3n) is 4.67. The minimum absolute atomic E-state index is 0.0216. The van der Waals surface area contributed by atoms with Crippen LogP contribution in [0, 0.1) is 0 Å². The van der Waals surface area contributed by atoms with E-state index < -0.39 is 0 Å². The molecule has 1 aliphatic rings. The first-order chi connectivity index (χ1) is 10.1. The van der Waals surface area contributed by atoms with E-state index in [1.165, 1.54) is 29.5 Å². The monoisotopic (exact) mass is 285 g/mol. The summed E-state index contributed by atoms with van der Waals surface area (Å²) in [6, 6.07) is 6.58. The first-order valence-electron chi connectivity index (χ1n) is 7.62. The molecule has 4 nitrogen and oxygen atoms in total. The Morgan fingerprint density at radius 3 is 2.76 bits per heavy atom. The van der Waals surface area contributed by atoms with Gasteiger partial charge in [0, 0.05) is 35.2 Å². The van der Waals surface area contributed by atoms with Crippen molar-refractivity contribution in [3.8, 4) is 0 Å². The Kier molecular flexibility index (Phi) is 3.72. The number of aromatic amines is 1. The normalized spacial score (nSPS) is 18.6. The highest BCUT2D eigenvalue weighted by Gasteiger charge is 2.21. The third-order valence-corrected chi connectivity index (χ3v) is 4.67. The van der Waals surface area contributed by atoms with Crippen molar-refractivity contribution in [2.75, 3.05) is 21.1 Å². The fourth-order valence-electron chi connectivity index (χ4n) is 3.37. The maximum atomic E-state index is 11.8. The molecule has 0 aliphatic heterocycles. The molecule has 112 valence electrons. The van der Waals surface area contributed by atoms with Gasteiger partial charge < -0.3 is 15.2 Å². The molecule has 3 rings (SSSR count). The minimum Gasteiger partial charge on any atom is -0.358 e. The van der Waals surface area contributed by atoms with Crippen molar-refractivity contribution in [1.82, 2.24) is 15.2 Å². The van der Waals surface area contributed by atoms with E-state index in [4.69, 9.17) is 0 Å². The molecule has 1 amide bonds. The van der Waals surface area contributed by atoms with Crippen LogP contribution in [0.15, 0.2) is 18.2 Å². The molecule has 1 aromatic heterocycles. The fourth-order valence-corrected chi connectivity index (χ4v) is 3.37. The average molecular weight is 285 g/mol. The van der Waals surface area contributed by atoms with E-state index in [-0.39, 0.29) is 5.91 Å². The number of hydrogen-bond donors (Lipinski definition) is 2. The van der Waals surface area contributed by atoms with Crippen LogP contribution in [0.4, 0.5) is 0 Å². The van der Waals surface area contributed by atoms with Crippen LogP contribution in [0.5, 0.6) is 0 Å². The van der Waals surface area contributed by atoms with Crippen LogP contribution in [0.2, 0.25) is 0 Å². The van der Waals surface area contributed by atoms with Gasteiger partial charge in [-0.1, -0.05) is 0 Å². The van der Waals surface area contributed by atoms with Gasteiger partial charge in [-0.05, 0) is 63.5 Å². The zero-order valence-electron chi connectivity index (χ0n) is 13.0. The lowest BCUT2D eigenvalue weighted by atomic mass is 10.0. The molecule has 1 unspecified atom stereocenters. The number of aromatic nitrogens is 1. The van der Waals surface area contributed by atoms with Gasteiger partial charge in [0.15, 0.2) is 0 Å². The second-order valence-corrected chi connectivity index (χ2v) is 6.12. The molecule has 1 aliphatic carbocycles. The quantitative estimate of drug-likeness (QED) is 0.832. The largest absolute Gasteiger partial charge is 0.358 e.